The molecule has 2 N–H and O–H groups in total. The molecule has 0 amide bonds. The van der Waals surface area contributed by atoms with E-state index in [9.17, 15) is 20.0 Å². The summed E-state index contributed by atoms with van der Waals surface area (Å²) in [6.45, 7) is 6.54. The van der Waals surface area contributed by atoms with Crippen molar-refractivity contribution < 1.29 is 19.9 Å². The summed E-state index contributed by atoms with van der Waals surface area (Å²) in [6.07, 6.45) is 0. The summed E-state index contributed by atoms with van der Waals surface area (Å²) < 4.78 is 0. The molecular formula is C12H15NO5. The van der Waals surface area contributed by atoms with Crippen LogP contribution in [-0.2, 0) is 5.41 Å². The first-order valence-electron chi connectivity index (χ1n) is 5.32. The molecule has 0 aliphatic carbocycles. The zero-order valence-electron chi connectivity index (χ0n) is 10.6. The summed E-state index contributed by atoms with van der Waals surface area (Å²) in [7, 11) is 0. The molecule has 0 atom stereocenters. The summed E-state index contributed by atoms with van der Waals surface area (Å²) in [4.78, 5) is 21.4. The Hall–Kier alpha value is -2.11. The molecule has 0 heterocycles. The van der Waals surface area contributed by atoms with Crippen molar-refractivity contribution in [2.45, 2.75) is 33.1 Å². The molecule has 1 rings (SSSR count). The van der Waals surface area contributed by atoms with Crippen molar-refractivity contribution in [2.24, 2.45) is 0 Å². The Bertz CT molecular complexity index is 528. The molecule has 6 nitrogen and oxygen atoms in total. The molecule has 0 saturated carbocycles. The van der Waals surface area contributed by atoms with E-state index in [1.54, 1.807) is 20.8 Å². The van der Waals surface area contributed by atoms with Crippen molar-refractivity contribution in [2.75, 3.05) is 0 Å². The van der Waals surface area contributed by atoms with Crippen LogP contribution < -0.4 is 0 Å². The fraction of sp³-hybridized carbons (Fsp3) is 0.417. The number of aromatic carboxylic acids is 1. The Morgan fingerprint density at radius 2 is 1.89 bits per heavy atom. The van der Waals surface area contributed by atoms with Crippen LogP contribution in [0, 0.1) is 17.0 Å². The van der Waals surface area contributed by atoms with Crippen LogP contribution in [0.1, 0.15) is 42.3 Å². The van der Waals surface area contributed by atoms with Crippen molar-refractivity contribution in [3.05, 3.63) is 32.9 Å². The van der Waals surface area contributed by atoms with Crippen LogP contribution in [0.2, 0.25) is 0 Å². The Kier molecular flexibility index (Phi) is 3.32. The van der Waals surface area contributed by atoms with E-state index in [1.165, 1.54) is 13.0 Å². The van der Waals surface area contributed by atoms with Gasteiger partial charge in [0.15, 0.2) is 0 Å². The quantitative estimate of drug-likeness (QED) is 0.623. The number of hydrogen-bond donors (Lipinski definition) is 2. The van der Waals surface area contributed by atoms with Gasteiger partial charge in [-0.2, -0.15) is 0 Å². The molecular weight excluding hydrogens is 238 g/mol. The highest BCUT2D eigenvalue weighted by Crippen LogP contribution is 2.39. The van der Waals surface area contributed by atoms with E-state index >= 15 is 0 Å². The first-order chi connectivity index (χ1) is 8.07. The zero-order chi connectivity index (χ0) is 14.2. The maximum Gasteiger partial charge on any atom is 0.340 e. The number of carboxylic acid groups (broad SMARTS) is 1. The Morgan fingerprint density at radius 3 is 2.22 bits per heavy atom. The first kappa shape index (κ1) is 14.0. The second kappa shape index (κ2) is 4.29. The molecule has 98 valence electrons. The van der Waals surface area contributed by atoms with E-state index in [0.717, 1.165) is 0 Å². The number of benzene rings is 1. The standard InChI is InChI=1S/C12H15NO5/c1-6-8(13(17)18)5-7(12(2,3)4)10(14)9(6)11(15)16/h5,14H,1-4H3,(H,15,16). The number of carbonyl (C=O) groups is 1. The third-order valence-electron chi connectivity index (χ3n) is 2.75. The molecule has 1 aromatic carbocycles. The van der Waals surface area contributed by atoms with Gasteiger partial charge in [0.2, 0.25) is 0 Å². The highest BCUT2D eigenvalue weighted by Gasteiger charge is 2.30. The third-order valence-corrected chi connectivity index (χ3v) is 2.75. The largest absolute Gasteiger partial charge is 0.507 e. The van der Waals surface area contributed by atoms with Gasteiger partial charge in [0, 0.05) is 17.2 Å². The second-order valence-electron chi connectivity index (χ2n) is 5.10. The SMILES string of the molecule is Cc1c([N+](=O)[O-])cc(C(C)(C)C)c(O)c1C(=O)O. The van der Waals surface area contributed by atoms with Gasteiger partial charge in [-0.05, 0) is 12.3 Å². The number of phenols is 1. The molecule has 1 aromatic rings. The van der Waals surface area contributed by atoms with Gasteiger partial charge in [-0.1, -0.05) is 20.8 Å². The fourth-order valence-corrected chi connectivity index (χ4v) is 1.78. The number of nitro benzene ring substituents is 1. The maximum atomic E-state index is 11.1. The van der Waals surface area contributed by atoms with E-state index in [4.69, 9.17) is 5.11 Å². The van der Waals surface area contributed by atoms with E-state index in [2.05, 4.69) is 0 Å². The molecule has 0 aliphatic heterocycles. The Morgan fingerprint density at radius 1 is 1.39 bits per heavy atom. The molecule has 0 spiro atoms. The smallest absolute Gasteiger partial charge is 0.340 e. The summed E-state index contributed by atoms with van der Waals surface area (Å²) in [6, 6.07) is 1.23. The highest BCUT2D eigenvalue weighted by molar-refractivity contribution is 5.94. The lowest BCUT2D eigenvalue weighted by Gasteiger charge is -2.22. The summed E-state index contributed by atoms with van der Waals surface area (Å²) in [5, 5.41) is 30.0. The average Bonchev–Trinajstić information content (AvgIpc) is 2.13. The van der Waals surface area contributed by atoms with Crippen molar-refractivity contribution in [3.63, 3.8) is 0 Å². The van der Waals surface area contributed by atoms with Crippen LogP contribution in [-0.4, -0.2) is 21.1 Å². The molecule has 0 aliphatic rings. The van der Waals surface area contributed by atoms with Crippen LogP contribution in [0.5, 0.6) is 5.75 Å². The third kappa shape index (κ3) is 2.27. The van der Waals surface area contributed by atoms with Crippen molar-refractivity contribution >= 4 is 11.7 Å². The summed E-state index contributed by atoms with van der Waals surface area (Å²) in [5.41, 5.74) is -1.09. The Labute approximate surface area is 104 Å². The maximum absolute atomic E-state index is 11.1. The van der Waals surface area contributed by atoms with E-state index in [-0.39, 0.29) is 16.8 Å². The molecule has 0 aromatic heterocycles. The molecule has 0 bridgehead atoms. The van der Waals surface area contributed by atoms with Crippen molar-refractivity contribution in [1.29, 1.82) is 0 Å². The van der Waals surface area contributed by atoms with Gasteiger partial charge < -0.3 is 10.2 Å². The van der Waals surface area contributed by atoms with E-state index < -0.39 is 27.6 Å². The first-order valence-corrected chi connectivity index (χ1v) is 5.32. The second-order valence-corrected chi connectivity index (χ2v) is 5.10. The lowest BCUT2D eigenvalue weighted by Crippen LogP contribution is -2.15. The van der Waals surface area contributed by atoms with Crippen molar-refractivity contribution in [3.8, 4) is 5.75 Å². The number of nitrogens with zero attached hydrogens (tertiary/aromatic N) is 1. The number of aromatic hydroxyl groups is 1. The van der Waals surface area contributed by atoms with Gasteiger partial charge >= 0.3 is 5.97 Å². The van der Waals surface area contributed by atoms with Crippen LogP contribution in [0.25, 0.3) is 0 Å². The monoisotopic (exact) mass is 253 g/mol. The minimum absolute atomic E-state index is 0.0435. The number of hydrogen-bond acceptors (Lipinski definition) is 4. The Balaban J connectivity index is 3.78. The minimum atomic E-state index is -1.38. The highest BCUT2D eigenvalue weighted by atomic mass is 16.6. The number of rotatable bonds is 2. The number of carboxylic acids is 1. The fourth-order valence-electron chi connectivity index (χ4n) is 1.78. The van der Waals surface area contributed by atoms with Gasteiger partial charge in [0.05, 0.1) is 4.92 Å². The lowest BCUT2D eigenvalue weighted by atomic mass is 9.83. The van der Waals surface area contributed by atoms with Crippen molar-refractivity contribution in [1.82, 2.24) is 0 Å². The van der Waals surface area contributed by atoms with Crippen LogP contribution in [0.3, 0.4) is 0 Å². The molecule has 18 heavy (non-hydrogen) atoms. The predicted molar refractivity (Wildman–Crippen MR) is 65.2 cm³/mol. The lowest BCUT2D eigenvalue weighted by molar-refractivity contribution is -0.385. The van der Waals surface area contributed by atoms with Crippen LogP contribution >= 0.6 is 0 Å². The van der Waals surface area contributed by atoms with Gasteiger partial charge in [0.25, 0.3) is 5.69 Å². The molecule has 0 radical (unpaired) electrons. The molecule has 0 fully saturated rings. The van der Waals surface area contributed by atoms with E-state index in [1.807, 2.05) is 0 Å². The van der Waals surface area contributed by atoms with Crippen LogP contribution in [0.4, 0.5) is 5.69 Å². The average molecular weight is 253 g/mol. The van der Waals surface area contributed by atoms with Gasteiger partial charge in [0.1, 0.15) is 11.3 Å². The summed E-state index contributed by atoms with van der Waals surface area (Å²) >= 11 is 0. The molecule has 6 heteroatoms. The normalized spacial score (nSPS) is 11.3. The molecule has 0 saturated heterocycles. The predicted octanol–water partition coefficient (Wildman–Crippen LogP) is 2.60. The summed E-state index contributed by atoms with van der Waals surface area (Å²) in [5.74, 6) is -1.78. The van der Waals surface area contributed by atoms with Gasteiger partial charge in [-0.3, -0.25) is 10.1 Å². The van der Waals surface area contributed by atoms with Crippen LogP contribution in [0.15, 0.2) is 6.07 Å². The number of nitro groups is 1. The van der Waals surface area contributed by atoms with Gasteiger partial charge in [-0.25, -0.2) is 4.79 Å². The topological polar surface area (TPSA) is 101 Å². The van der Waals surface area contributed by atoms with Gasteiger partial charge in [-0.15, -0.1) is 0 Å². The zero-order valence-corrected chi connectivity index (χ0v) is 10.6. The van der Waals surface area contributed by atoms with E-state index in [0.29, 0.717) is 0 Å². The minimum Gasteiger partial charge on any atom is -0.507 e. The molecule has 0 unspecified atom stereocenters.